The molecule has 4 rings (SSSR count). The minimum absolute atomic E-state index is 0.335. The molecular formula is C20H15N3OS2. The predicted molar refractivity (Wildman–Crippen MR) is 108 cm³/mol. The van der Waals surface area contributed by atoms with E-state index in [1.54, 1.807) is 0 Å². The largest absolute Gasteiger partial charge is 0.308 e. The van der Waals surface area contributed by atoms with E-state index in [0.717, 1.165) is 26.0 Å². The fourth-order valence-electron chi connectivity index (χ4n) is 3.01. The summed E-state index contributed by atoms with van der Waals surface area (Å²) in [6.07, 6.45) is 5.55. The summed E-state index contributed by atoms with van der Waals surface area (Å²) in [7, 11) is 0. The maximum absolute atomic E-state index is 12.7. The highest BCUT2D eigenvalue weighted by Crippen LogP contribution is 2.24. The number of hydrogen-bond acceptors (Lipinski definition) is 4. The molecule has 0 fully saturated rings. The number of carbonyl (C=O) groups excluding carboxylic acids is 1. The molecule has 0 spiro atoms. The molecule has 4 aromatic rings. The molecule has 0 unspecified atom stereocenters. The van der Waals surface area contributed by atoms with Crippen molar-refractivity contribution in [1.29, 1.82) is 0 Å². The quantitative estimate of drug-likeness (QED) is 0.489. The Morgan fingerprint density at radius 2 is 2.04 bits per heavy atom. The van der Waals surface area contributed by atoms with Crippen molar-refractivity contribution in [2.45, 2.75) is 20.4 Å². The van der Waals surface area contributed by atoms with Gasteiger partial charge in [0.25, 0.3) is 0 Å². The van der Waals surface area contributed by atoms with Gasteiger partial charge in [0.15, 0.2) is 9.81 Å². The molecule has 0 saturated carbocycles. The van der Waals surface area contributed by atoms with Crippen molar-refractivity contribution in [2.24, 2.45) is 4.99 Å². The number of terminal acetylenes is 1. The first-order valence-electron chi connectivity index (χ1n) is 8.05. The summed E-state index contributed by atoms with van der Waals surface area (Å²) in [5.74, 6) is 2.33. The SMILES string of the molecule is C#CCn1c(=NC(=O)c2nc3ccccc3s2)sc2cc(C)cc(C)c21. The smallest absolute Gasteiger partial charge is 0.304 e. The second kappa shape index (κ2) is 6.52. The van der Waals surface area contributed by atoms with Gasteiger partial charge in [-0.15, -0.1) is 17.8 Å². The van der Waals surface area contributed by atoms with Crippen molar-refractivity contribution in [3.05, 3.63) is 57.3 Å². The molecule has 0 bridgehead atoms. The Hall–Kier alpha value is -2.75. The lowest BCUT2D eigenvalue weighted by molar-refractivity contribution is 0.0997. The zero-order chi connectivity index (χ0) is 18.3. The number of benzene rings is 2. The van der Waals surface area contributed by atoms with E-state index in [1.807, 2.05) is 35.8 Å². The fraction of sp³-hybridized carbons (Fsp3) is 0.150. The van der Waals surface area contributed by atoms with E-state index in [4.69, 9.17) is 6.42 Å². The van der Waals surface area contributed by atoms with E-state index in [-0.39, 0.29) is 5.91 Å². The first kappa shape index (κ1) is 16.7. The summed E-state index contributed by atoms with van der Waals surface area (Å²) < 4.78 is 3.99. The number of amides is 1. The minimum Gasteiger partial charge on any atom is -0.304 e. The number of fused-ring (bicyclic) bond motifs is 2. The van der Waals surface area contributed by atoms with Crippen LogP contribution >= 0.6 is 22.7 Å². The van der Waals surface area contributed by atoms with Gasteiger partial charge >= 0.3 is 5.91 Å². The molecule has 0 aliphatic rings. The molecule has 0 aliphatic carbocycles. The highest BCUT2D eigenvalue weighted by atomic mass is 32.1. The molecule has 4 nitrogen and oxygen atoms in total. The lowest BCUT2D eigenvalue weighted by Crippen LogP contribution is -2.16. The van der Waals surface area contributed by atoms with Crippen LogP contribution in [0, 0.1) is 26.2 Å². The third-order valence-electron chi connectivity index (χ3n) is 4.04. The zero-order valence-electron chi connectivity index (χ0n) is 14.3. The van der Waals surface area contributed by atoms with Gasteiger partial charge in [-0.3, -0.25) is 4.79 Å². The van der Waals surface area contributed by atoms with E-state index in [2.05, 4.69) is 35.0 Å². The van der Waals surface area contributed by atoms with Crippen molar-refractivity contribution >= 4 is 49.0 Å². The topological polar surface area (TPSA) is 47.2 Å². The summed E-state index contributed by atoms with van der Waals surface area (Å²) in [4.78, 5) is 22.0. The van der Waals surface area contributed by atoms with Crippen LogP contribution in [0.2, 0.25) is 0 Å². The second-order valence-corrected chi connectivity index (χ2v) is 8.05. The van der Waals surface area contributed by atoms with Crippen molar-refractivity contribution in [1.82, 2.24) is 9.55 Å². The van der Waals surface area contributed by atoms with Gasteiger partial charge in [-0.05, 0) is 43.2 Å². The lowest BCUT2D eigenvalue weighted by atomic mass is 10.1. The third-order valence-corrected chi connectivity index (χ3v) is 6.09. The fourth-order valence-corrected chi connectivity index (χ4v) is 5.07. The number of aryl methyl sites for hydroxylation is 2. The van der Waals surface area contributed by atoms with Crippen molar-refractivity contribution in [2.75, 3.05) is 0 Å². The van der Waals surface area contributed by atoms with Gasteiger partial charge in [0.05, 0.1) is 27.0 Å². The van der Waals surface area contributed by atoms with Gasteiger partial charge in [0.2, 0.25) is 0 Å². The van der Waals surface area contributed by atoms with E-state index in [0.29, 0.717) is 16.4 Å². The molecule has 0 atom stereocenters. The summed E-state index contributed by atoms with van der Waals surface area (Å²) in [5.41, 5.74) is 4.15. The Bertz CT molecular complexity index is 1230. The highest BCUT2D eigenvalue weighted by Gasteiger charge is 2.14. The molecule has 6 heteroatoms. The van der Waals surface area contributed by atoms with Crippen LogP contribution in [0.15, 0.2) is 41.4 Å². The summed E-state index contributed by atoms with van der Waals surface area (Å²) in [6, 6.07) is 11.9. The Morgan fingerprint density at radius 3 is 2.81 bits per heavy atom. The number of carbonyl (C=O) groups is 1. The van der Waals surface area contributed by atoms with Crippen LogP contribution in [0.25, 0.3) is 20.4 Å². The van der Waals surface area contributed by atoms with Gasteiger partial charge in [-0.1, -0.05) is 35.5 Å². The lowest BCUT2D eigenvalue weighted by Gasteiger charge is -2.04. The highest BCUT2D eigenvalue weighted by molar-refractivity contribution is 7.20. The van der Waals surface area contributed by atoms with Crippen LogP contribution in [-0.4, -0.2) is 15.5 Å². The van der Waals surface area contributed by atoms with E-state index in [9.17, 15) is 4.79 Å². The third kappa shape index (κ3) is 2.85. The van der Waals surface area contributed by atoms with Gasteiger partial charge in [0.1, 0.15) is 0 Å². The molecular weight excluding hydrogens is 362 g/mol. The standard InChI is InChI=1S/C20H15N3OS2/c1-4-9-23-17-13(3)10-12(2)11-16(17)26-20(23)22-18(24)19-21-14-7-5-6-8-15(14)25-19/h1,5-8,10-11H,9H2,2-3H3. The maximum atomic E-state index is 12.7. The molecule has 1 amide bonds. The van der Waals surface area contributed by atoms with Crippen LogP contribution < -0.4 is 4.80 Å². The van der Waals surface area contributed by atoms with Crippen molar-refractivity contribution < 1.29 is 4.79 Å². The molecule has 0 aliphatic heterocycles. The number of rotatable bonds is 2. The molecule has 26 heavy (non-hydrogen) atoms. The first-order valence-corrected chi connectivity index (χ1v) is 9.69. The monoisotopic (exact) mass is 377 g/mol. The molecule has 2 aromatic carbocycles. The summed E-state index contributed by atoms with van der Waals surface area (Å²) in [5, 5.41) is 0.392. The van der Waals surface area contributed by atoms with Crippen LogP contribution in [0.1, 0.15) is 20.9 Å². The van der Waals surface area contributed by atoms with Crippen molar-refractivity contribution in [3.8, 4) is 12.3 Å². The predicted octanol–water partition coefficient (Wildman–Crippen LogP) is 4.30. The van der Waals surface area contributed by atoms with Gasteiger partial charge in [-0.2, -0.15) is 4.99 Å². The van der Waals surface area contributed by atoms with Crippen molar-refractivity contribution in [3.63, 3.8) is 0 Å². The number of nitrogens with zero attached hydrogens (tertiary/aromatic N) is 3. The van der Waals surface area contributed by atoms with E-state index in [1.165, 1.54) is 28.2 Å². The Balaban J connectivity index is 1.89. The van der Waals surface area contributed by atoms with Crippen LogP contribution in [-0.2, 0) is 6.54 Å². The number of hydrogen-bond donors (Lipinski definition) is 0. The average Bonchev–Trinajstić information content (AvgIpc) is 3.17. The van der Waals surface area contributed by atoms with Gasteiger partial charge < -0.3 is 4.57 Å². The molecule has 0 saturated heterocycles. The van der Waals surface area contributed by atoms with Crippen LogP contribution in [0.3, 0.4) is 0 Å². The minimum atomic E-state index is -0.335. The van der Waals surface area contributed by atoms with Gasteiger partial charge in [0, 0.05) is 0 Å². The first-order chi connectivity index (χ1) is 12.6. The Labute approximate surface area is 158 Å². The maximum Gasteiger partial charge on any atom is 0.308 e. The number of thiazole rings is 2. The normalized spacial score (nSPS) is 12.0. The van der Waals surface area contributed by atoms with E-state index < -0.39 is 0 Å². The summed E-state index contributed by atoms with van der Waals surface area (Å²) >= 11 is 2.84. The summed E-state index contributed by atoms with van der Waals surface area (Å²) in [6.45, 7) is 4.48. The van der Waals surface area contributed by atoms with Gasteiger partial charge in [-0.25, -0.2) is 4.98 Å². The molecule has 128 valence electrons. The molecule has 2 aromatic heterocycles. The second-order valence-electron chi connectivity index (χ2n) is 6.01. The molecule has 2 heterocycles. The molecule has 0 N–H and O–H groups in total. The van der Waals surface area contributed by atoms with Crippen LogP contribution in [0.5, 0.6) is 0 Å². The molecule has 0 radical (unpaired) electrons. The number of para-hydroxylation sites is 1. The number of aromatic nitrogens is 2. The Kier molecular flexibility index (Phi) is 4.19. The van der Waals surface area contributed by atoms with E-state index >= 15 is 0 Å². The zero-order valence-corrected chi connectivity index (χ0v) is 15.9. The van der Waals surface area contributed by atoms with Crippen LogP contribution in [0.4, 0.5) is 0 Å². The average molecular weight is 377 g/mol. The Morgan fingerprint density at radius 1 is 1.23 bits per heavy atom.